The number of amides is 2. The van der Waals surface area contributed by atoms with Crippen LogP contribution in [0.15, 0.2) is 69.9 Å². The fraction of sp³-hybridized carbons (Fsp3) is 0.281. The largest absolute Gasteiger partial charge is 0.417 e. The van der Waals surface area contributed by atoms with Gasteiger partial charge in [-0.1, -0.05) is 35.8 Å². The Labute approximate surface area is 260 Å². The second-order valence-corrected chi connectivity index (χ2v) is 11.8. The van der Waals surface area contributed by atoms with Crippen molar-refractivity contribution in [2.75, 3.05) is 7.05 Å². The molecule has 228 valence electrons. The van der Waals surface area contributed by atoms with Gasteiger partial charge in [0.15, 0.2) is 5.82 Å². The van der Waals surface area contributed by atoms with Crippen molar-refractivity contribution in [3.8, 4) is 17.2 Å². The number of fused-ring (bicyclic) bond motifs is 1. The van der Waals surface area contributed by atoms with Crippen LogP contribution in [0.2, 0.25) is 0 Å². The molecule has 1 aliphatic rings. The lowest BCUT2D eigenvalue weighted by Gasteiger charge is -2.34. The predicted molar refractivity (Wildman–Crippen MR) is 163 cm³/mol. The molecule has 0 saturated carbocycles. The number of aromatic nitrogens is 3. The Bertz CT molecular complexity index is 1820. The summed E-state index contributed by atoms with van der Waals surface area (Å²) in [6, 6.07) is 14.8. The van der Waals surface area contributed by atoms with Gasteiger partial charge in [-0.3, -0.25) is 19.0 Å². The van der Waals surface area contributed by atoms with E-state index < -0.39 is 23.7 Å². The second kappa shape index (κ2) is 12.0. The third-order valence-electron chi connectivity index (χ3n) is 7.60. The SMILES string of the molecule is CNC(=O)c1ccc(-n2c(-c3cccc(C(C)C)n3)nc3c(c2=O)C[C@@H](C)N(C(=O)c2ccc(Br)c(C(F)(F)F)c2)C3)cc1. The summed E-state index contributed by atoms with van der Waals surface area (Å²) in [6.45, 7) is 5.66. The molecule has 1 atom stereocenters. The molecule has 4 aromatic rings. The molecule has 5 rings (SSSR count). The van der Waals surface area contributed by atoms with Crippen LogP contribution in [0.5, 0.6) is 0 Å². The highest BCUT2D eigenvalue weighted by Gasteiger charge is 2.36. The van der Waals surface area contributed by atoms with Gasteiger partial charge >= 0.3 is 6.18 Å². The highest BCUT2D eigenvalue weighted by atomic mass is 79.9. The number of nitrogens with zero attached hydrogens (tertiary/aromatic N) is 4. The van der Waals surface area contributed by atoms with Crippen LogP contribution in [0, 0.1) is 0 Å². The number of carbonyl (C=O) groups excluding carboxylic acids is 2. The van der Waals surface area contributed by atoms with E-state index in [0.717, 1.165) is 11.8 Å². The molecule has 44 heavy (non-hydrogen) atoms. The molecular formula is C32H29BrF3N5O3. The molecule has 0 saturated heterocycles. The Morgan fingerprint density at radius 3 is 2.34 bits per heavy atom. The maximum atomic E-state index is 14.2. The molecular weight excluding hydrogens is 639 g/mol. The van der Waals surface area contributed by atoms with Crippen LogP contribution in [0.1, 0.15) is 69.9 Å². The maximum Gasteiger partial charge on any atom is 0.417 e. The van der Waals surface area contributed by atoms with Gasteiger partial charge in [0.25, 0.3) is 17.4 Å². The molecule has 0 bridgehead atoms. The number of alkyl halides is 3. The topological polar surface area (TPSA) is 97.2 Å². The van der Waals surface area contributed by atoms with E-state index >= 15 is 0 Å². The standard InChI is InChI=1S/C32H29BrF3N5O3/c1-17(2)25-6-5-7-26(38-25)28-39-27-16-40(30(43)20-10-13-24(33)23(15-20)32(34,35)36)18(3)14-22(27)31(44)41(28)21-11-8-19(9-12-21)29(42)37-4/h5-13,15,17-18H,14,16H2,1-4H3,(H,37,42)/t18-/m1/s1. The smallest absolute Gasteiger partial charge is 0.355 e. The summed E-state index contributed by atoms with van der Waals surface area (Å²) in [5.41, 5.74) is 1.44. The average molecular weight is 669 g/mol. The van der Waals surface area contributed by atoms with Gasteiger partial charge in [-0.2, -0.15) is 13.2 Å². The Morgan fingerprint density at radius 2 is 1.70 bits per heavy atom. The molecule has 1 aliphatic heterocycles. The van der Waals surface area contributed by atoms with E-state index in [-0.39, 0.29) is 46.2 Å². The average Bonchev–Trinajstić information content (AvgIpc) is 3.00. The van der Waals surface area contributed by atoms with Crippen molar-refractivity contribution in [1.29, 1.82) is 0 Å². The van der Waals surface area contributed by atoms with E-state index in [0.29, 0.717) is 28.2 Å². The third kappa shape index (κ3) is 5.90. The van der Waals surface area contributed by atoms with E-state index in [1.807, 2.05) is 26.0 Å². The normalized spacial score (nSPS) is 14.8. The van der Waals surface area contributed by atoms with Crippen LogP contribution in [-0.2, 0) is 19.1 Å². The van der Waals surface area contributed by atoms with Crippen molar-refractivity contribution in [3.63, 3.8) is 0 Å². The van der Waals surface area contributed by atoms with Crippen LogP contribution in [-0.4, -0.2) is 44.3 Å². The monoisotopic (exact) mass is 667 g/mol. The molecule has 3 heterocycles. The van der Waals surface area contributed by atoms with Crippen molar-refractivity contribution in [2.45, 2.75) is 51.9 Å². The van der Waals surface area contributed by atoms with Crippen LogP contribution < -0.4 is 10.9 Å². The van der Waals surface area contributed by atoms with Crippen molar-refractivity contribution < 1.29 is 22.8 Å². The van der Waals surface area contributed by atoms with Gasteiger partial charge in [-0.05, 0) is 73.9 Å². The predicted octanol–water partition coefficient (Wildman–Crippen LogP) is 6.15. The summed E-state index contributed by atoms with van der Waals surface area (Å²) in [5, 5.41) is 2.57. The van der Waals surface area contributed by atoms with Crippen molar-refractivity contribution in [2.24, 2.45) is 0 Å². The minimum Gasteiger partial charge on any atom is -0.355 e. The first-order chi connectivity index (χ1) is 20.8. The summed E-state index contributed by atoms with van der Waals surface area (Å²) in [4.78, 5) is 50.9. The summed E-state index contributed by atoms with van der Waals surface area (Å²) in [6.07, 6.45) is -4.50. The molecule has 8 nitrogen and oxygen atoms in total. The molecule has 2 aromatic heterocycles. The quantitative estimate of drug-likeness (QED) is 0.276. The lowest BCUT2D eigenvalue weighted by Crippen LogP contribution is -2.46. The van der Waals surface area contributed by atoms with Crippen LogP contribution in [0.3, 0.4) is 0 Å². The first kappa shape index (κ1) is 31.1. The van der Waals surface area contributed by atoms with Gasteiger partial charge in [0.1, 0.15) is 5.69 Å². The summed E-state index contributed by atoms with van der Waals surface area (Å²) in [5.74, 6) is -0.529. The number of hydrogen-bond acceptors (Lipinski definition) is 5. The zero-order chi connectivity index (χ0) is 31.9. The fourth-order valence-corrected chi connectivity index (χ4v) is 5.66. The minimum absolute atomic E-state index is 0.0741. The minimum atomic E-state index is -4.65. The van der Waals surface area contributed by atoms with Gasteiger partial charge in [-0.15, -0.1) is 0 Å². The first-order valence-corrected chi connectivity index (χ1v) is 14.7. The number of rotatable bonds is 5. The Hall–Kier alpha value is -4.32. The van der Waals surface area contributed by atoms with Crippen LogP contribution in [0.4, 0.5) is 13.2 Å². The molecule has 0 spiro atoms. The third-order valence-corrected chi connectivity index (χ3v) is 8.29. The number of hydrogen-bond donors (Lipinski definition) is 1. The fourth-order valence-electron chi connectivity index (χ4n) is 5.19. The molecule has 2 aromatic carbocycles. The molecule has 0 fully saturated rings. The molecule has 0 unspecified atom stereocenters. The van der Waals surface area contributed by atoms with E-state index in [1.54, 1.807) is 37.3 Å². The summed E-state index contributed by atoms with van der Waals surface area (Å²) >= 11 is 2.92. The maximum absolute atomic E-state index is 14.2. The first-order valence-electron chi connectivity index (χ1n) is 13.9. The second-order valence-electron chi connectivity index (χ2n) is 10.9. The number of pyridine rings is 1. The molecule has 12 heteroatoms. The Morgan fingerprint density at radius 1 is 1.02 bits per heavy atom. The Kier molecular flexibility index (Phi) is 8.48. The van der Waals surface area contributed by atoms with Gasteiger partial charge < -0.3 is 10.2 Å². The zero-order valence-electron chi connectivity index (χ0n) is 24.4. The number of carbonyl (C=O) groups is 2. The van der Waals surface area contributed by atoms with Crippen molar-refractivity contribution in [3.05, 3.63) is 109 Å². The molecule has 0 aliphatic carbocycles. The van der Waals surface area contributed by atoms with Gasteiger partial charge in [0, 0.05) is 39.9 Å². The summed E-state index contributed by atoms with van der Waals surface area (Å²) < 4.78 is 42.0. The lowest BCUT2D eigenvalue weighted by molar-refractivity contribution is -0.138. The van der Waals surface area contributed by atoms with E-state index in [9.17, 15) is 27.6 Å². The highest BCUT2D eigenvalue weighted by molar-refractivity contribution is 9.10. The molecule has 0 radical (unpaired) electrons. The number of nitrogens with one attached hydrogen (secondary N) is 1. The van der Waals surface area contributed by atoms with Gasteiger partial charge in [-0.25, -0.2) is 9.97 Å². The van der Waals surface area contributed by atoms with E-state index in [2.05, 4.69) is 21.2 Å². The number of benzene rings is 2. The number of halogens is 4. The van der Waals surface area contributed by atoms with Crippen molar-refractivity contribution in [1.82, 2.24) is 24.8 Å². The lowest BCUT2D eigenvalue weighted by atomic mass is 9.97. The van der Waals surface area contributed by atoms with E-state index in [1.165, 1.54) is 28.6 Å². The van der Waals surface area contributed by atoms with Gasteiger partial charge in [0.2, 0.25) is 0 Å². The highest BCUT2D eigenvalue weighted by Crippen LogP contribution is 2.36. The molecule has 2 amide bonds. The zero-order valence-corrected chi connectivity index (χ0v) is 26.0. The Balaban J connectivity index is 1.63. The van der Waals surface area contributed by atoms with Crippen molar-refractivity contribution >= 4 is 27.7 Å². The summed E-state index contributed by atoms with van der Waals surface area (Å²) in [7, 11) is 1.53. The van der Waals surface area contributed by atoms with E-state index in [4.69, 9.17) is 9.97 Å². The van der Waals surface area contributed by atoms with Crippen LogP contribution >= 0.6 is 15.9 Å². The van der Waals surface area contributed by atoms with Crippen LogP contribution in [0.25, 0.3) is 17.2 Å². The van der Waals surface area contributed by atoms with Gasteiger partial charge in [0.05, 0.1) is 23.5 Å². The molecule has 1 N–H and O–H groups in total.